The summed E-state index contributed by atoms with van der Waals surface area (Å²) in [7, 11) is 0. The second-order valence-corrected chi connectivity index (χ2v) is 8.13. The van der Waals surface area contributed by atoms with Crippen molar-refractivity contribution in [3.8, 4) is 6.07 Å². The Morgan fingerprint density at radius 3 is 2.75 bits per heavy atom. The van der Waals surface area contributed by atoms with Crippen LogP contribution in [0.5, 0.6) is 0 Å². The molecule has 0 aliphatic heterocycles. The van der Waals surface area contributed by atoms with Crippen molar-refractivity contribution >= 4 is 28.6 Å². The Labute approximate surface area is 170 Å². The lowest BCUT2D eigenvalue weighted by Crippen LogP contribution is -2.27. The standard InChI is InChI=1S/C21H28N4O2S/c1-16(2)9-5-3-4-8-14-25-20(27)17-10-6-7-11-18(17)24-21(25)28-15-19(26)23-13-12-22/h6-7,10-11,16H,3-5,8-9,13-15H2,1-2H3,(H,23,26). The second kappa shape index (κ2) is 11.5. The van der Waals surface area contributed by atoms with E-state index in [1.54, 1.807) is 10.6 Å². The maximum absolute atomic E-state index is 12.9. The molecule has 0 aliphatic rings. The summed E-state index contributed by atoms with van der Waals surface area (Å²) in [6.07, 6.45) is 5.58. The highest BCUT2D eigenvalue weighted by atomic mass is 32.2. The van der Waals surface area contributed by atoms with Gasteiger partial charge < -0.3 is 5.32 Å². The van der Waals surface area contributed by atoms with E-state index in [4.69, 9.17) is 5.26 Å². The third kappa shape index (κ3) is 6.68. The molecule has 0 radical (unpaired) electrons. The van der Waals surface area contributed by atoms with Gasteiger partial charge in [-0.15, -0.1) is 0 Å². The molecule has 1 amide bonds. The molecule has 6 nitrogen and oxygen atoms in total. The number of nitrogens with one attached hydrogen (secondary N) is 1. The molecule has 0 atom stereocenters. The topological polar surface area (TPSA) is 87.8 Å². The van der Waals surface area contributed by atoms with E-state index in [1.807, 2.05) is 24.3 Å². The third-order valence-electron chi connectivity index (χ3n) is 4.44. The summed E-state index contributed by atoms with van der Waals surface area (Å²) in [5.41, 5.74) is 0.577. The monoisotopic (exact) mass is 400 g/mol. The molecule has 0 unspecified atom stereocenters. The normalized spacial score (nSPS) is 10.9. The Kier molecular flexibility index (Phi) is 9.02. The SMILES string of the molecule is CC(C)CCCCCCn1c(SCC(=O)NCC#N)nc2ccccc2c1=O. The van der Waals surface area contributed by atoms with E-state index in [-0.39, 0.29) is 23.8 Å². The number of unbranched alkanes of at least 4 members (excludes halogenated alkanes) is 3. The average Bonchev–Trinajstić information content (AvgIpc) is 2.68. The molecule has 0 saturated heterocycles. The van der Waals surface area contributed by atoms with Crippen LogP contribution in [0.3, 0.4) is 0 Å². The van der Waals surface area contributed by atoms with E-state index in [0.29, 0.717) is 22.6 Å². The Hall–Kier alpha value is -2.33. The summed E-state index contributed by atoms with van der Waals surface area (Å²) in [5.74, 6) is 0.609. The number of nitriles is 1. The van der Waals surface area contributed by atoms with Crippen LogP contribution < -0.4 is 10.9 Å². The molecule has 0 fully saturated rings. The quantitative estimate of drug-likeness (QED) is 0.269. The number of rotatable bonds is 11. The molecule has 0 spiro atoms. The largest absolute Gasteiger partial charge is 0.342 e. The van der Waals surface area contributed by atoms with Gasteiger partial charge in [0.1, 0.15) is 6.54 Å². The van der Waals surface area contributed by atoms with Gasteiger partial charge in [-0.3, -0.25) is 14.2 Å². The summed E-state index contributed by atoms with van der Waals surface area (Å²) in [5, 5.41) is 12.2. The molecule has 0 saturated carbocycles. The summed E-state index contributed by atoms with van der Waals surface area (Å²) >= 11 is 1.24. The first kappa shape index (κ1) is 22.0. The number of hydrogen-bond acceptors (Lipinski definition) is 5. The number of carbonyl (C=O) groups excluding carboxylic acids is 1. The number of carbonyl (C=O) groups is 1. The van der Waals surface area contributed by atoms with Crippen LogP contribution in [0.2, 0.25) is 0 Å². The minimum atomic E-state index is -0.241. The van der Waals surface area contributed by atoms with Crippen LogP contribution in [-0.2, 0) is 11.3 Å². The van der Waals surface area contributed by atoms with E-state index in [9.17, 15) is 9.59 Å². The molecular formula is C21H28N4O2S. The van der Waals surface area contributed by atoms with Crippen molar-refractivity contribution < 1.29 is 4.79 Å². The van der Waals surface area contributed by atoms with E-state index in [0.717, 1.165) is 25.2 Å². The van der Waals surface area contributed by atoms with Gasteiger partial charge in [-0.25, -0.2) is 4.98 Å². The summed E-state index contributed by atoms with van der Waals surface area (Å²) < 4.78 is 1.69. The van der Waals surface area contributed by atoms with E-state index in [1.165, 1.54) is 24.6 Å². The Morgan fingerprint density at radius 1 is 1.25 bits per heavy atom. The first-order valence-corrected chi connectivity index (χ1v) is 10.8. The smallest absolute Gasteiger partial charge is 0.262 e. The molecule has 2 rings (SSSR count). The van der Waals surface area contributed by atoms with Crippen LogP contribution in [0.15, 0.2) is 34.2 Å². The van der Waals surface area contributed by atoms with Gasteiger partial charge in [0.05, 0.1) is 22.7 Å². The second-order valence-electron chi connectivity index (χ2n) is 7.19. The molecule has 7 heteroatoms. The molecule has 150 valence electrons. The van der Waals surface area contributed by atoms with Crippen LogP contribution in [0.4, 0.5) is 0 Å². The first-order chi connectivity index (χ1) is 13.5. The van der Waals surface area contributed by atoms with Crippen LogP contribution in [0, 0.1) is 17.2 Å². The highest BCUT2D eigenvalue weighted by molar-refractivity contribution is 7.99. The fourth-order valence-electron chi connectivity index (χ4n) is 2.95. The van der Waals surface area contributed by atoms with Gasteiger partial charge in [-0.2, -0.15) is 5.26 Å². The number of fused-ring (bicyclic) bond motifs is 1. The number of benzene rings is 1. The van der Waals surface area contributed by atoms with E-state index in [2.05, 4.69) is 24.1 Å². The Morgan fingerprint density at radius 2 is 2.00 bits per heavy atom. The Balaban J connectivity index is 2.09. The fourth-order valence-corrected chi connectivity index (χ4v) is 3.81. The number of amides is 1. The predicted octanol–water partition coefficient (Wildman–Crippen LogP) is 3.73. The lowest BCUT2D eigenvalue weighted by Gasteiger charge is -2.13. The molecule has 1 aromatic heterocycles. The number of hydrogen-bond donors (Lipinski definition) is 1. The zero-order valence-corrected chi connectivity index (χ0v) is 17.4. The van der Waals surface area contributed by atoms with Crippen LogP contribution in [0.25, 0.3) is 10.9 Å². The van der Waals surface area contributed by atoms with Crippen LogP contribution in [-0.4, -0.2) is 27.8 Å². The van der Waals surface area contributed by atoms with Crippen molar-refractivity contribution in [1.29, 1.82) is 5.26 Å². The van der Waals surface area contributed by atoms with Crippen molar-refractivity contribution in [2.24, 2.45) is 5.92 Å². The first-order valence-electron chi connectivity index (χ1n) is 9.79. The molecule has 1 heterocycles. The van der Waals surface area contributed by atoms with E-state index < -0.39 is 0 Å². The van der Waals surface area contributed by atoms with Gasteiger partial charge in [-0.05, 0) is 24.5 Å². The molecule has 2 aromatic rings. The summed E-state index contributed by atoms with van der Waals surface area (Å²) in [6, 6.07) is 9.17. The van der Waals surface area contributed by atoms with Gasteiger partial charge in [0.15, 0.2) is 5.16 Å². The van der Waals surface area contributed by atoms with Crippen molar-refractivity contribution in [1.82, 2.24) is 14.9 Å². The lowest BCUT2D eigenvalue weighted by atomic mass is 10.0. The zero-order valence-electron chi connectivity index (χ0n) is 16.6. The van der Waals surface area contributed by atoms with Crippen molar-refractivity contribution in [3.63, 3.8) is 0 Å². The summed E-state index contributed by atoms with van der Waals surface area (Å²) in [4.78, 5) is 29.4. The average molecular weight is 401 g/mol. The molecule has 28 heavy (non-hydrogen) atoms. The van der Waals surface area contributed by atoms with Crippen LogP contribution in [0.1, 0.15) is 46.0 Å². The number of thioether (sulfide) groups is 1. The van der Waals surface area contributed by atoms with Crippen molar-refractivity contribution in [2.75, 3.05) is 12.3 Å². The van der Waals surface area contributed by atoms with Crippen molar-refractivity contribution in [2.45, 2.75) is 57.7 Å². The minimum absolute atomic E-state index is 0.0201. The highest BCUT2D eigenvalue weighted by Gasteiger charge is 2.13. The van der Waals surface area contributed by atoms with Crippen molar-refractivity contribution in [3.05, 3.63) is 34.6 Å². The fraction of sp³-hybridized carbons (Fsp3) is 0.524. The van der Waals surface area contributed by atoms with Gasteiger partial charge in [0.25, 0.3) is 5.56 Å². The number of aromatic nitrogens is 2. The lowest BCUT2D eigenvalue weighted by molar-refractivity contribution is -0.118. The van der Waals surface area contributed by atoms with Crippen LogP contribution >= 0.6 is 11.8 Å². The maximum Gasteiger partial charge on any atom is 0.262 e. The number of nitrogens with zero attached hydrogens (tertiary/aromatic N) is 3. The van der Waals surface area contributed by atoms with Gasteiger partial charge in [0, 0.05) is 6.54 Å². The van der Waals surface area contributed by atoms with Gasteiger partial charge in [0.2, 0.25) is 5.91 Å². The van der Waals surface area contributed by atoms with E-state index >= 15 is 0 Å². The predicted molar refractivity (Wildman–Crippen MR) is 113 cm³/mol. The molecular weight excluding hydrogens is 372 g/mol. The molecule has 0 aliphatic carbocycles. The van der Waals surface area contributed by atoms with Gasteiger partial charge in [-0.1, -0.05) is 63.4 Å². The third-order valence-corrected chi connectivity index (χ3v) is 5.41. The minimum Gasteiger partial charge on any atom is -0.342 e. The molecule has 0 bridgehead atoms. The highest BCUT2D eigenvalue weighted by Crippen LogP contribution is 2.19. The zero-order chi connectivity index (χ0) is 20.4. The Bertz CT molecular complexity index is 886. The molecule has 1 aromatic carbocycles. The number of para-hydroxylation sites is 1. The summed E-state index contributed by atoms with van der Waals surface area (Å²) in [6.45, 7) is 5.04. The maximum atomic E-state index is 12.9. The van der Waals surface area contributed by atoms with Gasteiger partial charge >= 0.3 is 0 Å². The molecule has 1 N–H and O–H groups in total.